The molecule has 0 spiro atoms. The van der Waals surface area contributed by atoms with Gasteiger partial charge in [-0.25, -0.2) is 4.79 Å². The number of nitrogens with zero attached hydrogens (tertiary/aromatic N) is 1. The Bertz CT molecular complexity index is 953. The van der Waals surface area contributed by atoms with Gasteiger partial charge in [-0.1, -0.05) is 48.5 Å². The topological polar surface area (TPSA) is 53.6 Å². The summed E-state index contributed by atoms with van der Waals surface area (Å²) in [7, 11) is 0. The number of urea groups is 1. The number of rotatable bonds is 8. The fourth-order valence-electron chi connectivity index (χ4n) is 4.07. The highest BCUT2D eigenvalue weighted by molar-refractivity contribution is 5.89. The maximum atomic E-state index is 12.2. The zero-order valence-corrected chi connectivity index (χ0v) is 18.4. The first-order valence-corrected chi connectivity index (χ1v) is 11.4. The molecule has 1 fully saturated rings. The van der Waals surface area contributed by atoms with E-state index in [9.17, 15) is 4.79 Å². The van der Waals surface area contributed by atoms with Gasteiger partial charge in [-0.3, -0.25) is 4.90 Å². The second-order valence-electron chi connectivity index (χ2n) is 8.31. The number of ether oxygens (including phenoxy) is 1. The number of carbonyl (C=O) groups excluding carboxylic acids is 1. The molecule has 1 aliphatic heterocycles. The van der Waals surface area contributed by atoms with Gasteiger partial charge in [-0.2, -0.15) is 0 Å². The second kappa shape index (κ2) is 11.3. The Morgan fingerprint density at radius 1 is 0.844 bits per heavy atom. The van der Waals surface area contributed by atoms with Crippen LogP contribution in [0.25, 0.3) is 0 Å². The van der Waals surface area contributed by atoms with Crippen LogP contribution in [0.4, 0.5) is 10.5 Å². The summed E-state index contributed by atoms with van der Waals surface area (Å²) < 4.78 is 5.78. The lowest BCUT2D eigenvalue weighted by Crippen LogP contribution is -2.35. The maximum Gasteiger partial charge on any atom is 0.319 e. The van der Waals surface area contributed by atoms with Crippen molar-refractivity contribution in [1.82, 2.24) is 10.2 Å². The number of likely N-dealkylation sites (tertiary alicyclic amines) is 1. The lowest BCUT2D eigenvalue weighted by molar-refractivity contribution is 0.172. The minimum atomic E-state index is -0.164. The molecule has 3 aromatic rings. The molecule has 0 saturated carbocycles. The zero-order valence-electron chi connectivity index (χ0n) is 18.4. The first kappa shape index (κ1) is 21.9. The number of benzene rings is 3. The summed E-state index contributed by atoms with van der Waals surface area (Å²) in [5.74, 6) is 2.20. The van der Waals surface area contributed by atoms with Crippen LogP contribution in [-0.2, 0) is 6.54 Å². The molecule has 1 saturated heterocycles. The monoisotopic (exact) mass is 429 g/mol. The Hall–Kier alpha value is -3.31. The van der Waals surface area contributed by atoms with E-state index in [-0.39, 0.29) is 6.03 Å². The van der Waals surface area contributed by atoms with Gasteiger partial charge in [-0.05, 0) is 80.2 Å². The van der Waals surface area contributed by atoms with E-state index in [2.05, 4.69) is 45.9 Å². The largest absolute Gasteiger partial charge is 0.457 e. The standard InChI is InChI=1S/C27H31N3O2/c31-27(29-24-11-13-26(14-12-24)32-25-9-5-2-6-10-25)28-18-15-22-16-19-30(20-17-22)21-23-7-3-1-4-8-23/h1-14,22H,15-21H2,(H2,28,29,31). The Morgan fingerprint density at radius 3 is 2.16 bits per heavy atom. The van der Waals surface area contributed by atoms with Crippen LogP contribution in [0.3, 0.4) is 0 Å². The van der Waals surface area contributed by atoms with Crippen molar-refractivity contribution >= 4 is 11.7 Å². The summed E-state index contributed by atoms with van der Waals surface area (Å²) in [6.45, 7) is 3.99. The first-order chi connectivity index (χ1) is 15.7. The number of hydrogen-bond donors (Lipinski definition) is 2. The van der Waals surface area contributed by atoms with E-state index in [0.29, 0.717) is 12.5 Å². The van der Waals surface area contributed by atoms with Crippen molar-refractivity contribution in [2.45, 2.75) is 25.8 Å². The Balaban J connectivity index is 1.12. The summed E-state index contributed by atoms with van der Waals surface area (Å²) in [5, 5.41) is 5.88. The average molecular weight is 430 g/mol. The van der Waals surface area contributed by atoms with Gasteiger partial charge in [0.25, 0.3) is 0 Å². The van der Waals surface area contributed by atoms with Crippen LogP contribution in [0.2, 0.25) is 0 Å². The number of amides is 2. The summed E-state index contributed by atoms with van der Waals surface area (Å²) in [4.78, 5) is 14.7. The predicted molar refractivity (Wildman–Crippen MR) is 129 cm³/mol. The van der Waals surface area contributed by atoms with Crippen LogP contribution in [-0.4, -0.2) is 30.6 Å². The molecule has 2 N–H and O–H groups in total. The molecular weight excluding hydrogens is 398 g/mol. The Labute approximate surface area is 190 Å². The molecule has 0 bridgehead atoms. The fraction of sp³-hybridized carbons (Fsp3) is 0.296. The molecule has 1 heterocycles. The molecule has 166 valence electrons. The van der Waals surface area contributed by atoms with Gasteiger partial charge in [0, 0.05) is 18.8 Å². The summed E-state index contributed by atoms with van der Waals surface area (Å²) >= 11 is 0. The van der Waals surface area contributed by atoms with Crippen LogP contribution in [0.1, 0.15) is 24.8 Å². The number of anilines is 1. The molecule has 4 rings (SSSR count). The van der Waals surface area contributed by atoms with Crippen molar-refractivity contribution in [3.63, 3.8) is 0 Å². The minimum absolute atomic E-state index is 0.164. The van der Waals surface area contributed by atoms with E-state index in [4.69, 9.17) is 4.74 Å². The normalized spacial score (nSPS) is 14.6. The summed E-state index contributed by atoms with van der Waals surface area (Å²) in [6.07, 6.45) is 3.41. The van der Waals surface area contributed by atoms with Crippen LogP contribution >= 0.6 is 0 Å². The van der Waals surface area contributed by atoms with E-state index in [1.54, 1.807) is 0 Å². The van der Waals surface area contributed by atoms with Gasteiger partial charge >= 0.3 is 6.03 Å². The van der Waals surface area contributed by atoms with Crippen LogP contribution in [0.15, 0.2) is 84.9 Å². The molecule has 0 aromatic heterocycles. The molecule has 3 aromatic carbocycles. The third kappa shape index (κ3) is 6.86. The van der Waals surface area contributed by atoms with Gasteiger partial charge in [0.15, 0.2) is 0 Å². The number of nitrogens with one attached hydrogen (secondary N) is 2. The molecule has 0 aliphatic carbocycles. The molecule has 2 amide bonds. The minimum Gasteiger partial charge on any atom is -0.457 e. The van der Waals surface area contributed by atoms with Crippen molar-refractivity contribution < 1.29 is 9.53 Å². The van der Waals surface area contributed by atoms with E-state index in [1.807, 2.05) is 54.6 Å². The Kier molecular flexibility index (Phi) is 7.77. The fourth-order valence-corrected chi connectivity index (χ4v) is 4.07. The third-order valence-electron chi connectivity index (χ3n) is 5.89. The third-order valence-corrected chi connectivity index (χ3v) is 5.89. The molecule has 0 unspecified atom stereocenters. The van der Waals surface area contributed by atoms with Gasteiger partial charge in [0.2, 0.25) is 0 Å². The van der Waals surface area contributed by atoms with Crippen LogP contribution in [0, 0.1) is 5.92 Å². The lowest BCUT2D eigenvalue weighted by Gasteiger charge is -2.32. The number of hydrogen-bond acceptors (Lipinski definition) is 3. The highest BCUT2D eigenvalue weighted by Gasteiger charge is 2.19. The van der Waals surface area contributed by atoms with Crippen LogP contribution < -0.4 is 15.4 Å². The molecular formula is C27H31N3O2. The highest BCUT2D eigenvalue weighted by atomic mass is 16.5. The van der Waals surface area contributed by atoms with Gasteiger partial charge in [0.1, 0.15) is 11.5 Å². The van der Waals surface area contributed by atoms with E-state index < -0.39 is 0 Å². The molecule has 1 aliphatic rings. The first-order valence-electron chi connectivity index (χ1n) is 11.4. The van der Waals surface area contributed by atoms with Crippen molar-refractivity contribution in [1.29, 1.82) is 0 Å². The van der Waals surface area contributed by atoms with Crippen molar-refractivity contribution in [2.75, 3.05) is 25.0 Å². The van der Waals surface area contributed by atoms with E-state index in [1.165, 1.54) is 18.4 Å². The molecule has 0 radical (unpaired) electrons. The lowest BCUT2D eigenvalue weighted by atomic mass is 9.93. The SMILES string of the molecule is O=C(NCCC1CCN(Cc2ccccc2)CC1)Nc1ccc(Oc2ccccc2)cc1. The summed E-state index contributed by atoms with van der Waals surface area (Å²) in [6, 6.07) is 27.5. The molecule has 5 heteroatoms. The van der Waals surface area contributed by atoms with Crippen molar-refractivity contribution in [3.05, 3.63) is 90.5 Å². The van der Waals surface area contributed by atoms with Gasteiger partial charge in [0.05, 0.1) is 0 Å². The van der Waals surface area contributed by atoms with Crippen molar-refractivity contribution in [2.24, 2.45) is 5.92 Å². The molecule has 5 nitrogen and oxygen atoms in total. The molecule has 0 atom stereocenters. The number of para-hydroxylation sites is 1. The maximum absolute atomic E-state index is 12.2. The van der Waals surface area contributed by atoms with Crippen LogP contribution in [0.5, 0.6) is 11.5 Å². The zero-order chi connectivity index (χ0) is 22.0. The summed E-state index contributed by atoms with van der Waals surface area (Å²) in [5.41, 5.74) is 2.13. The van der Waals surface area contributed by atoms with Gasteiger partial charge in [-0.15, -0.1) is 0 Å². The van der Waals surface area contributed by atoms with Crippen molar-refractivity contribution in [3.8, 4) is 11.5 Å². The second-order valence-corrected chi connectivity index (χ2v) is 8.31. The highest BCUT2D eigenvalue weighted by Crippen LogP contribution is 2.23. The van der Waals surface area contributed by atoms with E-state index in [0.717, 1.165) is 43.2 Å². The Morgan fingerprint density at radius 2 is 1.47 bits per heavy atom. The van der Waals surface area contributed by atoms with E-state index >= 15 is 0 Å². The number of carbonyl (C=O) groups is 1. The number of piperidine rings is 1. The smallest absolute Gasteiger partial charge is 0.319 e. The molecule has 32 heavy (non-hydrogen) atoms. The quantitative estimate of drug-likeness (QED) is 0.468. The van der Waals surface area contributed by atoms with Gasteiger partial charge < -0.3 is 15.4 Å². The predicted octanol–water partition coefficient (Wildman–Crippen LogP) is 5.90. The average Bonchev–Trinajstić information content (AvgIpc) is 2.83.